The largest absolute Gasteiger partial charge is 0.289 e. The molecule has 6 heteroatoms. The summed E-state index contributed by atoms with van der Waals surface area (Å²) < 4.78 is 27.8. The van der Waals surface area contributed by atoms with Gasteiger partial charge in [0.05, 0.1) is 16.5 Å². The molecule has 0 bridgehead atoms. The lowest BCUT2D eigenvalue weighted by atomic mass is 10.0. The van der Waals surface area contributed by atoms with E-state index in [9.17, 15) is 13.2 Å². The van der Waals surface area contributed by atoms with E-state index in [0.29, 0.717) is 22.3 Å². The highest BCUT2D eigenvalue weighted by molar-refractivity contribution is 7.89. The predicted molar refractivity (Wildman–Crippen MR) is 116 cm³/mol. The van der Waals surface area contributed by atoms with Crippen molar-refractivity contribution < 1.29 is 13.2 Å². The van der Waals surface area contributed by atoms with Crippen LogP contribution in [-0.4, -0.2) is 20.7 Å². The van der Waals surface area contributed by atoms with Crippen molar-refractivity contribution in [2.24, 2.45) is 0 Å². The molecule has 0 fully saturated rings. The first-order valence-corrected chi connectivity index (χ1v) is 10.7. The number of nitrogens with zero attached hydrogens (tertiary/aromatic N) is 1. The van der Waals surface area contributed by atoms with E-state index in [0.717, 1.165) is 5.56 Å². The number of nitriles is 1. The van der Waals surface area contributed by atoms with Gasteiger partial charge in [0.2, 0.25) is 10.0 Å². The fraction of sp³-hybridized carbons (Fsp3) is 0.0833. The number of rotatable bonds is 7. The zero-order chi connectivity index (χ0) is 21.6. The van der Waals surface area contributed by atoms with Gasteiger partial charge in [-0.05, 0) is 42.8 Å². The van der Waals surface area contributed by atoms with Gasteiger partial charge < -0.3 is 0 Å². The van der Waals surface area contributed by atoms with Crippen LogP contribution in [0.4, 0.5) is 0 Å². The highest BCUT2D eigenvalue weighted by atomic mass is 32.2. The van der Waals surface area contributed by atoms with Crippen LogP contribution >= 0.6 is 0 Å². The molecule has 150 valence electrons. The Balaban J connectivity index is 1.90. The molecule has 3 aromatic rings. The summed E-state index contributed by atoms with van der Waals surface area (Å²) in [6, 6.07) is 23.9. The molecule has 3 aromatic carbocycles. The molecule has 5 nitrogen and oxygen atoms in total. The molecule has 0 unspecified atom stereocenters. The minimum absolute atomic E-state index is 0.137. The number of ketones is 1. The van der Waals surface area contributed by atoms with E-state index in [4.69, 9.17) is 5.26 Å². The smallest absolute Gasteiger partial charge is 0.240 e. The van der Waals surface area contributed by atoms with Gasteiger partial charge in [-0.1, -0.05) is 60.2 Å². The number of benzene rings is 3. The van der Waals surface area contributed by atoms with Crippen molar-refractivity contribution in [2.75, 3.05) is 6.54 Å². The minimum Gasteiger partial charge on any atom is -0.289 e. The Morgan fingerprint density at radius 2 is 1.60 bits per heavy atom. The molecule has 0 radical (unpaired) electrons. The van der Waals surface area contributed by atoms with Crippen LogP contribution in [0.2, 0.25) is 0 Å². The van der Waals surface area contributed by atoms with Crippen LogP contribution in [0.5, 0.6) is 0 Å². The van der Waals surface area contributed by atoms with Crippen molar-refractivity contribution in [3.8, 4) is 6.07 Å². The number of carbonyl (C=O) groups is 1. The van der Waals surface area contributed by atoms with Crippen molar-refractivity contribution in [2.45, 2.75) is 11.8 Å². The molecule has 0 aliphatic carbocycles. The maximum atomic E-state index is 13.0. The molecule has 0 aliphatic heterocycles. The molecule has 0 heterocycles. The Morgan fingerprint density at radius 1 is 0.967 bits per heavy atom. The van der Waals surface area contributed by atoms with Gasteiger partial charge in [-0.3, -0.25) is 4.79 Å². The summed E-state index contributed by atoms with van der Waals surface area (Å²) in [5.74, 6) is -0.272. The van der Waals surface area contributed by atoms with Gasteiger partial charge in [0.15, 0.2) is 5.78 Å². The second-order valence-corrected chi connectivity index (χ2v) is 8.50. The van der Waals surface area contributed by atoms with Crippen LogP contribution in [0, 0.1) is 18.3 Å². The molecule has 0 amide bonds. The van der Waals surface area contributed by atoms with E-state index in [1.54, 1.807) is 72.8 Å². The number of hydrogen-bond acceptors (Lipinski definition) is 4. The van der Waals surface area contributed by atoms with Gasteiger partial charge in [-0.15, -0.1) is 0 Å². The number of nitrogens with one attached hydrogen (secondary N) is 1. The molecule has 0 aliphatic rings. The third-order valence-corrected chi connectivity index (χ3v) is 5.91. The van der Waals surface area contributed by atoms with E-state index < -0.39 is 10.0 Å². The molecule has 0 spiro atoms. The number of carbonyl (C=O) groups excluding carboxylic acids is 1. The fourth-order valence-corrected chi connectivity index (χ4v) is 3.81. The Hall–Kier alpha value is -3.53. The first-order chi connectivity index (χ1) is 14.4. The van der Waals surface area contributed by atoms with Gasteiger partial charge >= 0.3 is 0 Å². The topological polar surface area (TPSA) is 87.0 Å². The maximum Gasteiger partial charge on any atom is 0.240 e. The molecule has 1 N–H and O–H groups in total. The zero-order valence-corrected chi connectivity index (χ0v) is 17.2. The zero-order valence-electron chi connectivity index (χ0n) is 16.4. The summed E-state index contributed by atoms with van der Waals surface area (Å²) >= 11 is 0. The third-order valence-electron chi connectivity index (χ3n) is 4.49. The molecule has 0 atom stereocenters. The molecule has 3 rings (SSSR count). The Morgan fingerprint density at radius 3 is 2.20 bits per heavy atom. The Bertz CT molecular complexity index is 1210. The SMILES string of the molecule is Cc1ccc(S(=O)(=O)NC/C(=C\c2ccc(C#N)cc2)C(=O)c2ccccc2)cc1. The van der Waals surface area contributed by atoms with Crippen molar-refractivity contribution in [1.29, 1.82) is 5.26 Å². The van der Waals surface area contributed by atoms with Crippen LogP contribution < -0.4 is 4.72 Å². The second kappa shape index (κ2) is 9.31. The summed E-state index contributed by atoms with van der Waals surface area (Å²) in [7, 11) is -3.78. The molecule has 0 saturated carbocycles. The first-order valence-electron chi connectivity index (χ1n) is 9.26. The number of hydrogen-bond donors (Lipinski definition) is 1. The van der Waals surface area contributed by atoms with E-state index in [-0.39, 0.29) is 17.2 Å². The Labute approximate surface area is 176 Å². The summed E-state index contributed by atoms with van der Waals surface area (Å²) in [5.41, 5.74) is 2.91. The highest BCUT2D eigenvalue weighted by Gasteiger charge is 2.18. The van der Waals surface area contributed by atoms with Crippen LogP contribution in [0.25, 0.3) is 6.08 Å². The summed E-state index contributed by atoms with van der Waals surface area (Å²) in [6.07, 6.45) is 1.63. The lowest BCUT2D eigenvalue weighted by Crippen LogP contribution is -2.28. The second-order valence-electron chi connectivity index (χ2n) is 6.74. The number of Topliss-reactive ketones (excluding diaryl/α,β-unsaturated/α-hetero) is 1. The van der Waals surface area contributed by atoms with Crippen LogP contribution in [0.3, 0.4) is 0 Å². The van der Waals surface area contributed by atoms with Crippen LogP contribution in [-0.2, 0) is 10.0 Å². The quantitative estimate of drug-likeness (QED) is 0.464. The van der Waals surface area contributed by atoms with Crippen molar-refractivity contribution in [3.63, 3.8) is 0 Å². The monoisotopic (exact) mass is 416 g/mol. The summed E-state index contributed by atoms with van der Waals surface area (Å²) in [4.78, 5) is 13.2. The lowest BCUT2D eigenvalue weighted by Gasteiger charge is -2.11. The molecular weight excluding hydrogens is 396 g/mol. The van der Waals surface area contributed by atoms with Crippen molar-refractivity contribution in [3.05, 3.63) is 107 Å². The van der Waals surface area contributed by atoms with Gasteiger partial charge in [0, 0.05) is 17.7 Å². The Kier molecular flexibility index (Phi) is 6.58. The third kappa shape index (κ3) is 5.29. The molecular formula is C24H20N2O3S. The summed E-state index contributed by atoms with van der Waals surface area (Å²) in [5, 5.41) is 8.95. The normalized spacial score (nSPS) is 11.7. The van der Waals surface area contributed by atoms with Gasteiger partial charge in [0.25, 0.3) is 0 Å². The summed E-state index contributed by atoms with van der Waals surface area (Å²) in [6.45, 7) is 1.71. The average Bonchev–Trinajstić information content (AvgIpc) is 2.77. The first kappa shape index (κ1) is 21.2. The lowest BCUT2D eigenvalue weighted by molar-refractivity contribution is 0.103. The van der Waals surface area contributed by atoms with Crippen LogP contribution in [0.1, 0.15) is 27.0 Å². The predicted octanol–water partition coefficient (Wildman–Crippen LogP) is 4.11. The molecule has 0 aromatic heterocycles. The van der Waals surface area contributed by atoms with Gasteiger partial charge in [-0.25, -0.2) is 13.1 Å². The van der Waals surface area contributed by atoms with E-state index in [1.807, 2.05) is 13.0 Å². The molecule has 0 saturated heterocycles. The van der Waals surface area contributed by atoms with Crippen molar-refractivity contribution >= 4 is 21.9 Å². The number of sulfonamides is 1. The van der Waals surface area contributed by atoms with E-state index >= 15 is 0 Å². The van der Waals surface area contributed by atoms with Crippen LogP contribution in [0.15, 0.2) is 89.3 Å². The average molecular weight is 417 g/mol. The van der Waals surface area contributed by atoms with E-state index in [2.05, 4.69) is 4.72 Å². The van der Waals surface area contributed by atoms with Gasteiger partial charge in [-0.2, -0.15) is 5.26 Å². The fourth-order valence-electron chi connectivity index (χ4n) is 2.80. The van der Waals surface area contributed by atoms with Crippen molar-refractivity contribution in [1.82, 2.24) is 4.72 Å². The minimum atomic E-state index is -3.78. The highest BCUT2D eigenvalue weighted by Crippen LogP contribution is 2.15. The maximum absolute atomic E-state index is 13.0. The standard InChI is InChI=1S/C24H20N2O3S/c1-18-7-13-23(14-8-18)30(28,29)26-17-22(24(27)21-5-3-2-4-6-21)15-19-9-11-20(16-25)12-10-19/h2-15,26H,17H2,1H3/b22-15+. The van der Waals surface area contributed by atoms with E-state index in [1.165, 1.54) is 12.1 Å². The molecule has 30 heavy (non-hydrogen) atoms. The number of aryl methyl sites for hydroxylation is 1. The van der Waals surface area contributed by atoms with Gasteiger partial charge in [0.1, 0.15) is 0 Å².